The minimum atomic E-state index is -1.33. The van der Waals surface area contributed by atoms with E-state index in [9.17, 15) is 23.1 Å². The molecule has 2 saturated heterocycles. The Morgan fingerprint density at radius 1 is 1.07 bits per heavy atom. The van der Waals surface area contributed by atoms with Crippen molar-refractivity contribution in [2.24, 2.45) is 5.41 Å². The molecule has 3 fully saturated rings. The van der Waals surface area contributed by atoms with Gasteiger partial charge in [-0.2, -0.15) is 9.37 Å². The lowest BCUT2D eigenvalue weighted by Crippen LogP contribution is -2.50. The van der Waals surface area contributed by atoms with Crippen LogP contribution in [0.5, 0.6) is 0 Å². The van der Waals surface area contributed by atoms with Crippen LogP contribution in [0.1, 0.15) is 44.9 Å². The van der Waals surface area contributed by atoms with E-state index in [0.29, 0.717) is 51.3 Å². The molecule has 1 atom stereocenters. The van der Waals surface area contributed by atoms with E-state index in [1.54, 1.807) is 4.90 Å². The number of rotatable bonds is 2. The maximum atomic E-state index is 14.2. The Bertz CT molecular complexity index is 739. The van der Waals surface area contributed by atoms with Crippen LogP contribution >= 0.6 is 0 Å². The molecule has 1 aromatic heterocycles. The van der Waals surface area contributed by atoms with Crippen molar-refractivity contribution < 1.29 is 23.1 Å². The van der Waals surface area contributed by atoms with Crippen molar-refractivity contribution in [3.8, 4) is 0 Å². The second-order valence-corrected chi connectivity index (χ2v) is 8.08. The highest BCUT2D eigenvalue weighted by Gasteiger charge is 2.51. The van der Waals surface area contributed by atoms with Gasteiger partial charge in [-0.05, 0) is 44.9 Å². The highest BCUT2D eigenvalue weighted by atomic mass is 19.2. The number of anilines is 1. The van der Waals surface area contributed by atoms with Crippen molar-refractivity contribution in [3.63, 3.8) is 0 Å². The van der Waals surface area contributed by atoms with Gasteiger partial charge in [0.05, 0.1) is 11.5 Å². The molecule has 8 heteroatoms. The molecule has 0 radical (unpaired) electrons. The van der Waals surface area contributed by atoms with E-state index in [1.807, 2.05) is 4.90 Å². The number of likely N-dealkylation sites (tertiary alicyclic amines) is 1. The van der Waals surface area contributed by atoms with Gasteiger partial charge in [-0.3, -0.25) is 4.79 Å². The van der Waals surface area contributed by atoms with E-state index in [0.717, 1.165) is 12.8 Å². The summed E-state index contributed by atoms with van der Waals surface area (Å²) in [5, 5.41) is 9.70. The maximum Gasteiger partial charge on any atom is 0.251 e. The fraction of sp³-hybridized carbons (Fsp3) is 0.684. The molecule has 2 aliphatic heterocycles. The number of aliphatic hydroxyl groups is 1. The lowest BCUT2D eigenvalue weighted by atomic mass is 9.78. The minimum absolute atomic E-state index is 0.0663. The van der Waals surface area contributed by atoms with Gasteiger partial charge in [-0.25, -0.2) is 8.78 Å². The molecule has 0 aromatic carbocycles. The molecule has 4 rings (SSSR count). The average molecular weight is 383 g/mol. The first-order valence-corrected chi connectivity index (χ1v) is 9.65. The molecule has 3 heterocycles. The Hall–Kier alpha value is -1.83. The first-order valence-electron chi connectivity index (χ1n) is 9.65. The lowest BCUT2D eigenvalue weighted by molar-refractivity contribution is -0.139. The van der Waals surface area contributed by atoms with Gasteiger partial charge in [0.1, 0.15) is 0 Å². The summed E-state index contributed by atoms with van der Waals surface area (Å²) in [6.07, 6.45) is 4.78. The van der Waals surface area contributed by atoms with Crippen molar-refractivity contribution in [3.05, 3.63) is 23.6 Å². The third-order valence-electron chi connectivity index (χ3n) is 6.40. The van der Waals surface area contributed by atoms with Gasteiger partial charge >= 0.3 is 0 Å². The summed E-state index contributed by atoms with van der Waals surface area (Å²) in [7, 11) is 0. The van der Waals surface area contributed by atoms with Crippen LogP contribution in [0.25, 0.3) is 0 Å². The first-order chi connectivity index (χ1) is 12.9. The molecule has 1 saturated carbocycles. The Morgan fingerprint density at radius 2 is 1.81 bits per heavy atom. The number of carbonyl (C=O) groups is 1. The molecule has 27 heavy (non-hydrogen) atoms. The molecule has 1 amide bonds. The van der Waals surface area contributed by atoms with E-state index in [2.05, 4.69) is 4.98 Å². The molecule has 0 unspecified atom stereocenters. The lowest BCUT2D eigenvalue weighted by Gasteiger charge is -2.41. The SMILES string of the molecule is O=C1N([C@H]2CC[C@H](O)CC2)CC[C@]12CCCN(c1nc(F)c(F)cc1F)C2. The van der Waals surface area contributed by atoms with Gasteiger partial charge in [-0.15, -0.1) is 0 Å². The largest absolute Gasteiger partial charge is 0.393 e. The number of hydrogen-bond donors (Lipinski definition) is 1. The Balaban J connectivity index is 1.52. The summed E-state index contributed by atoms with van der Waals surface area (Å²) in [6.45, 7) is 1.38. The van der Waals surface area contributed by atoms with E-state index >= 15 is 0 Å². The van der Waals surface area contributed by atoms with Crippen LogP contribution in [0, 0.1) is 23.0 Å². The summed E-state index contributed by atoms with van der Waals surface area (Å²) >= 11 is 0. The predicted octanol–water partition coefficient (Wildman–Crippen LogP) is 2.62. The van der Waals surface area contributed by atoms with Crippen LogP contribution in [0.15, 0.2) is 6.07 Å². The topological polar surface area (TPSA) is 56.7 Å². The van der Waals surface area contributed by atoms with Crippen LogP contribution in [0.4, 0.5) is 19.0 Å². The van der Waals surface area contributed by atoms with Crippen LogP contribution in [-0.4, -0.2) is 52.7 Å². The number of aromatic nitrogens is 1. The molecule has 1 aromatic rings. The number of nitrogens with zero attached hydrogens (tertiary/aromatic N) is 3. The zero-order valence-electron chi connectivity index (χ0n) is 15.1. The van der Waals surface area contributed by atoms with Gasteiger partial charge in [-0.1, -0.05) is 0 Å². The highest BCUT2D eigenvalue weighted by Crippen LogP contribution is 2.43. The second kappa shape index (κ2) is 6.96. The molecular weight excluding hydrogens is 359 g/mol. The third-order valence-corrected chi connectivity index (χ3v) is 6.40. The molecule has 3 aliphatic rings. The van der Waals surface area contributed by atoms with Crippen LogP contribution in [0.3, 0.4) is 0 Å². The summed E-state index contributed by atoms with van der Waals surface area (Å²) < 4.78 is 40.9. The standard InChI is InChI=1S/C19H24F3N3O2/c20-14-10-15(21)17(23-16(14)22)24-8-1-6-19(11-24)7-9-25(18(19)27)12-2-4-13(26)5-3-12/h10,12-13,26H,1-9,11H2/t12-,13-,19-/m0/s1. The molecule has 5 nitrogen and oxygen atoms in total. The number of carbonyl (C=O) groups excluding carboxylic acids is 1. The summed E-state index contributed by atoms with van der Waals surface area (Å²) in [4.78, 5) is 20.2. The zero-order valence-corrected chi connectivity index (χ0v) is 15.1. The molecule has 1 spiro atoms. The van der Waals surface area contributed by atoms with E-state index < -0.39 is 23.0 Å². The quantitative estimate of drug-likeness (QED) is 0.798. The van der Waals surface area contributed by atoms with Gasteiger partial charge in [0.25, 0.3) is 5.95 Å². The molecule has 148 valence electrons. The first kappa shape index (κ1) is 18.5. The van der Waals surface area contributed by atoms with Gasteiger partial charge < -0.3 is 14.9 Å². The molecular formula is C19H24F3N3O2. The van der Waals surface area contributed by atoms with E-state index in [-0.39, 0.29) is 30.4 Å². The number of hydrogen-bond acceptors (Lipinski definition) is 4. The fourth-order valence-corrected chi connectivity index (χ4v) is 4.91. The van der Waals surface area contributed by atoms with Gasteiger partial charge in [0, 0.05) is 31.7 Å². The monoisotopic (exact) mass is 383 g/mol. The third kappa shape index (κ3) is 3.28. The molecule has 0 bridgehead atoms. The van der Waals surface area contributed by atoms with Crippen LogP contribution < -0.4 is 4.90 Å². The zero-order chi connectivity index (χ0) is 19.2. The van der Waals surface area contributed by atoms with Crippen molar-refractivity contribution in [1.29, 1.82) is 0 Å². The van der Waals surface area contributed by atoms with Gasteiger partial charge in [0.15, 0.2) is 17.5 Å². The van der Waals surface area contributed by atoms with Crippen molar-refractivity contribution >= 4 is 11.7 Å². The summed E-state index contributed by atoms with van der Waals surface area (Å²) in [5.41, 5.74) is -0.618. The Labute approximate surface area is 156 Å². The highest BCUT2D eigenvalue weighted by molar-refractivity contribution is 5.86. The summed E-state index contributed by atoms with van der Waals surface area (Å²) in [5.74, 6) is -3.71. The van der Waals surface area contributed by atoms with E-state index in [1.165, 1.54) is 0 Å². The van der Waals surface area contributed by atoms with Crippen LogP contribution in [-0.2, 0) is 4.79 Å². The number of aliphatic hydroxyl groups excluding tert-OH is 1. The van der Waals surface area contributed by atoms with Crippen molar-refractivity contribution in [1.82, 2.24) is 9.88 Å². The minimum Gasteiger partial charge on any atom is -0.393 e. The number of amides is 1. The Kier molecular flexibility index (Phi) is 4.78. The second-order valence-electron chi connectivity index (χ2n) is 8.08. The fourth-order valence-electron chi connectivity index (χ4n) is 4.91. The smallest absolute Gasteiger partial charge is 0.251 e. The molecule has 1 aliphatic carbocycles. The number of piperidine rings is 1. The van der Waals surface area contributed by atoms with E-state index in [4.69, 9.17) is 0 Å². The summed E-state index contributed by atoms with van der Waals surface area (Å²) in [6, 6.07) is 0.656. The molecule has 1 N–H and O–H groups in total. The van der Waals surface area contributed by atoms with Gasteiger partial charge in [0.2, 0.25) is 5.91 Å². The Morgan fingerprint density at radius 3 is 2.56 bits per heavy atom. The number of halogens is 3. The maximum absolute atomic E-state index is 14.2. The number of pyridine rings is 1. The van der Waals surface area contributed by atoms with Crippen LogP contribution in [0.2, 0.25) is 0 Å². The predicted molar refractivity (Wildman–Crippen MR) is 92.6 cm³/mol. The van der Waals surface area contributed by atoms with Crippen molar-refractivity contribution in [2.45, 2.75) is 57.1 Å². The average Bonchev–Trinajstić information content (AvgIpc) is 2.95. The normalized spacial score (nSPS) is 31.8. The van der Waals surface area contributed by atoms with Crippen molar-refractivity contribution in [2.75, 3.05) is 24.5 Å².